The normalized spacial score (nSPS) is 19.6. The number of ether oxygens (including phenoxy) is 2. The SMILES string of the molecule is Cc1cnc2c(ccn2[Si](C(C)C)(C(C)C)C(C)C)c1C(=O)C1CCC(OCc2ccccc2)CC1.Cc1cnc2c(ccn2[Si](C(C)C)(C(C)C)C(C)C)c1C(O)C1CCC(OCc2ccccc2)CC1. The number of aryl methyl sites for hydroxylation is 2. The smallest absolute Gasteiger partial charge is 0.171 e. The Morgan fingerprint density at radius 2 is 0.944 bits per heavy atom. The van der Waals surface area contributed by atoms with Crippen LogP contribution in [0.15, 0.2) is 97.6 Å². The Labute approximate surface area is 435 Å². The van der Waals surface area contributed by atoms with E-state index in [2.05, 4.69) is 172 Å². The van der Waals surface area contributed by atoms with E-state index in [1.807, 2.05) is 31.5 Å². The minimum Gasteiger partial charge on any atom is -0.388 e. The molecule has 2 aliphatic carbocycles. The van der Waals surface area contributed by atoms with Crippen molar-refractivity contribution in [3.8, 4) is 0 Å². The molecule has 0 saturated heterocycles. The molecular weight excluding hydrogens is 921 g/mol. The number of hydrogen-bond donors (Lipinski definition) is 1. The Kier molecular flexibility index (Phi) is 18.5. The van der Waals surface area contributed by atoms with Gasteiger partial charge in [0.05, 0.1) is 31.5 Å². The van der Waals surface area contributed by atoms with Crippen LogP contribution in [0.2, 0.25) is 33.2 Å². The summed E-state index contributed by atoms with van der Waals surface area (Å²) in [6.45, 7) is 34.0. The molecule has 2 aromatic carbocycles. The van der Waals surface area contributed by atoms with Crippen molar-refractivity contribution in [1.82, 2.24) is 18.4 Å². The maximum Gasteiger partial charge on any atom is 0.171 e. The first kappa shape index (κ1) is 55.6. The summed E-state index contributed by atoms with van der Waals surface area (Å²) >= 11 is 0. The second-order valence-corrected chi connectivity index (χ2v) is 35.1. The van der Waals surface area contributed by atoms with Crippen LogP contribution in [0.5, 0.6) is 0 Å². The number of carbonyl (C=O) groups is 1. The van der Waals surface area contributed by atoms with Crippen molar-refractivity contribution in [3.05, 3.63) is 131 Å². The predicted octanol–water partition coefficient (Wildman–Crippen LogP) is 16.5. The fraction of sp³-hybridized carbons (Fsp3) is 0.565. The zero-order valence-corrected chi connectivity index (χ0v) is 48.6. The van der Waals surface area contributed by atoms with Crippen LogP contribution >= 0.6 is 0 Å². The summed E-state index contributed by atoms with van der Waals surface area (Å²) in [5.41, 5.74) is 12.1. The van der Waals surface area contributed by atoms with Gasteiger partial charge < -0.3 is 23.0 Å². The van der Waals surface area contributed by atoms with Gasteiger partial charge in [0.15, 0.2) is 22.3 Å². The Morgan fingerprint density at radius 1 is 0.556 bits per heavy atom. The first-order chi connectivity index (χ1) is 34.3. The minimum absolute atomic E-state index is 0.0662. The highest BCUT2D eigenvalue weighted by Gasteiger charge is 2.48. The number of aliphatic hydroxyl groups is 1. The monoisotopic (exact) mass is 1010 g/mol. The summed E-state index contributed by atoms with van der Waals surface area (Å²) in [6.07, 6.45) is 16.2. The number of pyridine rings is 2. The molecule has 1 atom stereocenters. The zero-order chi connectivity index (χ0) is 52.1. The molecule has 0 spiro atoms. The molecule has 4 aromatic heterocycles. The average Bonchev–Trinajstić information content (AvgIpc) is 3.98. The fourth-order valence-corrected chi connectivity index (χ4v) is 27.6. The van der Waals surface area contributed by atoms with Crippen LogP contribution in [0, 0.1) is 25.7 Å². The van der Waals surface area contributed by atoms with Crippen molar-refractivity contribution in [2.75, 3.05) is 0 Å². The van der Waals surface area contributed by atoms with Gasteiger partial charge in [0.1, 0.15) is 11.3 Å². The van der Waals surface area contributed by atoms with Gasteiger partial charge in [-0.3, -0.25) is 4.79 Å². The maximum absolute atomic E-state index is 13.9. The van der Waals surface area contributed by atoms with E-state index in [0.29, 0.717) is 52.2 Å². The van der Waals surface area contributed by atoms with E-state index in [-0.39, 0.29) is 24.0 Å². The molecule has 4 heterocycles. The average molecular weight is 1010 g/mol. The van der Waals surface area contributed by atoms with Crippen LogP contribution in [0.4, 0.5) is 0 Å². The summed E-state index contributed by atoms with van der Waals surface area (Å²) < 4.78 is 17.5. The van der Waals surface area contributed by atoms with Crippen LogP contribution in [0.25, 0.3) is 22.1 Å². The third kappa shape index (κ3) is 11.1. The number of aromatic nitrogens is 4. The van der Waals surface area contributed by atoms with Gasteiger partial charge in [0.25, 0.3) is 0 Å². The van der Waals surface area contributed by atoms with E-state index >= 15 is 0 Å². The number of aliphatic hydroxyl groups excluding tert-OH is 1. The van der Waals surface area contributed by atoms with Gasteiger partial charge in [0, 0.05) is 34.6 Å². The molecule has 10 heteroatoms. The van der Waals surface area contributed by atoms with Crippen molar-refractivity contribution >= 4 is 44.3 Å². The number of ketones is 1. The molecule has 8 nitrogen and oxygen atoms in total. The van der Waals surface area contributed by atoms with Crippen LogP contribution < -0.4 is 0 Å². The van der Waals surface area contributed by atoms with Gasteiger partial charge in [-0.1, -0.05) is 144 Å². The van der Waals surface area contributed by atoms with Crippen molar-refractivity contribution in [3.63, 3.8) is 0 Å². The lowest BCUT2D eigenvalue weighted by atomic mass is 9.80. The van der Waals surface area contributed by atoms with Gasteiger partial charge in [-0.05, 0) is 157 Å². The number of Topliss-reactive ketones (excluding diaryl/α,β-unsaturated/α-hetero) is 1. The Morgan fingerprint density at radius 3 is 1.38 bits per heavy atom. The Hall–Kier alpha value is -4.20. The van der Waals surface area contributed by atoms with Crippen LogP contribution in [-0.4, -0.2) is 58.0 Å². The highest BCUT2D eigenvalue weighted by atomic mass is 28.3. The van der Waals surface area contributed by atoms with Crippen LogP contribution in [-0.2, 0) is 22.7 Å². The minimum atomic E-state index is -1.95. The molecule has 1 unspecified atom stereocenters. The number of benzene rings is 2. The topological polar surface area (TPSA) is 91.4 Å². The molecular formula is C62H90N4O4Si2. The number of fused-ring (bicyclic) bond motifs is 2. The molecule has 6 aromatic rings. The zero-order valence-electron chi connectivity index (χ0n) is 46.6. The standard InChI is InChI=1S/C31H46N2O2Si.C31H44N2O2Si/c2*1-21(2)36(22(3)4,23(5)6)33-18-17-28-29(24(7)19-32-31(28)33)30(34)26-13-15-27(16-14-26)35-20-25-11-9-8-10-12-25/h8-12,17-19,21-23,26-27,30,34H,13-16,20H2,1-7H3;8-12,17-19,21-23,26-27H,13-16,20H2,1-7H3. The van der Waals surface area contributed by atoms with E-state index in [4.69, 9.17) is 19.4 Å². The van der Waals surface area contributed by atoms with E-state index in [1.165, 1.54) is 11.1 Å². The van der Waals surface area contributed by atoms with Gasteiger partial charge in [0.2, 0.25) is 0 Å². The lowest BCUT2D eigenvalue weighted by Crippen LogP contribution is -2.51. The van der Waals surface area contributed by atoms with E-state index in [9.17, 15) is 9.90 Å². The first-order valence-electron chi connectivity index (χ1n) is 27.8. The van der Waals surface area contributed by atoms with Crippen molar-refractivity contribution in [2.24, 2.45) is 11.8 Å². The molecule has 2 aliphatic rings. The Balaban J connectivity index is 0.000000211. The van der Waals surface area contributed by atoms with Crippen molar-refractivity contribution in [1.29, 1.82) is 0 Å². The van der Waals surface area contributed by atoms with E-state index < -0.39 is 22.6 Å². The van der Waals surface area contributed by atoms with Gasteiger partial charge in [-0.25, -0.2) is 9.97 Å². The highest BCUT2D eigenvalue weighted by molar-refractivity contribution is 6.83. The quantitative estimate of drug-likeness (QED) is 0.0681. The molecule has 0 bridgehead atoms. The molecule has 72 heavy (non-hydrogen) atoms. The largest absolute Gasteiger partial charge is 0.388 e. The molecule has 8 rings (SSSR count). The highest BCUT2D eigenvalue weighted by Crippen LogP contribution is 2.47. The van der Waals surface area contributed by atoms with Crippen LogP contribution in [0.3, 0.4) is 0 Å². The lowest BCUT2D eigenvalue weighted by Gasteiger charge is -2.44. The summed E-state index contributed by atoms with van der Waals surface area (Å²) in [5, 5.41) is 13.9. The van der Waals surface area contributed by atoms with E-state index in [1.54, 1.807) is 0 Å². The third-order valence-corrected chi connectivity index (χ3v) is 31.1. The third-order valence-electron chi connectivity index (χ3n) is 17.7. The second-order valence-electron chi connectivity index (χ2n) is 23.6. The summed E-state index contributed by atoms with van der Waals surface area (Å²) in [7, 11) is -3.87. The summed E-state index contributed by atoms with van der Waals surface area (Å²) in [4.78, 5) is 23.8. The van der Waals surface area contributed by atoms with Crippen molar-refractivity contribution < 1.29 is 19.4 Å². The van der Waals surface area contributed by atoms with Crippen molar-refractivity contribution in [2.45, 2.75) is 213 Å². The number of rotatable bonds is 18. The van der Waals surface area contributed by atoms with Gasteiger partial charge in [-0.15, -0.1) is 0 Å². The van der Waals surface area contributed by atoms with E-state index in [0.717, 1.165) is 95.7 Å². The van der Waals surface area contributed by atoms with Crippen LogP contribution in [0.1, 0.15) is 179 Å². The Bertz CT molecular complexity index is 2630. The lowest BCUT2D eigenvalue weighted by molar-refractivity contribution is -0.0134. The molecule has 0 aliphatic heterocycles. The second kappa shape index (κ2) is 24.0. The summed E-state index contributed by atoms with van der Waals surface area (Å²) in [5.74, 6) is 0.623. The summed E-state index contributed by atoms with van der Waals surface area (Å²) in [6, 6.07) is 25.2. The number of nitrogens with zero attached hydrogens (tertiary/aromatic N) is 4. The number of carbonyl (C=O) groups excluding carboxylic acids is 1. The predicted molar refractivity (Wildman–Crippen MR) is 305 cm³/mol. The maximum atomic E-state index is 13.9. The molecule has 0 amide bonds. The molecule has 2 fully saturated rings. The molecule has 2 saturated carbocycles. The van der Waals surface area contributed by atoms with Gasteiger partial charge in [-0.2, -0.15) is 0 Å². The number of hydrogen-bond acceptors (Lipinski definition) is 6. The van der Waals surface area contributed by atoms with Gasteiger partial charge >= 0.3 is 0 Å². The fourth-order valence-electron chi connectivity index (χ4n) is 14.5. The molecule has 390 valence electrons. The first-order valence-corrected chi connectivity index (χ1v) is 32.2. The molecule has 1 N–H and O–H groups in total. The molecule has 0 radical (unpaired) electrons.